The van der Waals surface area contributed by atoms with Gasteiger partial charge in [0.1, 0.15) is 0 Å². The van der Waals surface area contributed by atoms with E-state index in [1.807, 2.05) is 12.1 Å². The normalized spacial score (nSPS) is 14.9. The first kappa shape index (κ1) is 12.7. The topological polar surface area (TPSA) is 20.2 Å². The lowest BCUT2D eigenvalue weighted by Crippen LogP contribution is -2.18. The van der Waals surface area contributed by atoms with Gasteiger partial charge in [-0.25, -0.2) is 0 Å². The molecule has 0 aromatic heterocycles. The van der Waals surface area contributed by atoms with Crippen LogP contribution in [0, 0.1) is 11.8 Å². The van der Waals surface area contributed by atoms with Gasteiger partial charge in [-0.05, 0) is 36.0 Å². The predicted octanol–water partition coefficient (Wildman–Crippen LogP) is 3.65. The standard InChI is InChI=1S/C13H19BrO/c1-3-10(2)12(9-15)7-11-5-4-6-13(14)8-11/h4-6,8,10,12,15H,3,7,9H2,1-2H3. The van der Waals surface area contributed by atoms with Crippen LogP contribution in [0.4, 0.5) is 0 Å². The van der Waals surface area contributed by atoms with Gasteiger partial charge in [-0.15, -0.1) is 0 Å². The van der Waals surface area contributed by atoms with E-state index in [2.05, 4.69) is 41.9 Å². The van der Waals surface area contributed by atoms with Crippen LogP contribution < -0.4 is 0 Å². The molecule has 0 amide bonds. The smallest absolute Gasteiger partial charge is 0.0464 e. The SMILES string of the molecule is CCC(C)C(CO)Cc1cccc(Br)c1. The maximum Gasteiger partial charge on any atom is 0.0464 e. The Kier molecular flexibility index (Phi) is 5.34. The van der Waals surface area contributed by atoms with Crippen LogP contribution in [-0.4, -0.2) is 11.7 Å². The first-order valence-electron chi connectivity index (χ1n) is 5.52. The second kappa shape index (κ2) is 6.29. The van der Waals surface area contributed by atoms with Crippen molar-refractivity contribution in [2.45, 2.75) is 26.7 Å². The summed E-state index contributed by atoms with van der Waals surface area (Å²) in [6.07, 6.45) is 2.09. The van der Waals surface area contributed by atoms with Crippen LogP contribution in [0.1, 0.15) is 25.8 Å². The molecule has 0 fully saturated rings. The second-order valence-corrected chi connectivity index (χ2v) is 5.08. The van der Waals surface area contributed by atoms with Crippen LogP contribution >= 0.6 is 15.9 Å². The van der Waals surface area contributed by atoms with Crippen LogP contribution in [0.15, 0.2) is 28.7 Å². The number of aliphatic hydroxyl groups is 1. The van der Waals surface area contributed by atoms with Gasteiger partial charge in [0.05, 0.1) is 0 Å². The number of aliphatic hydroxyl groups excluding tert-OH is 1. The summed E-state index contributed by atoms with van der Waals surface area (Å²) in [6, 6.07) is 8.33. The van der Waals surface area contributed by atoms with Gasteiger partial charge in [0.15, 0.2) is 0 Å². The van der Waals surface area contributed by atoms with Gasteiger partial charge in [-0.2, -0.15) is 0 Å². The van der Waals surface area contributed by atoms with E-state index in [9.17, 15) is 5.11 Å². The Bertz CT molecular complexity index is 298. The van der Waals surface area contributed by atoms with Gasteiger partial charge in [0.2, 0.25) is 0 Å². The zero-order valence-corrected chi connectivity index (χ0v) is 11.0. The number of hydrogen-bond acceptors (Lipinski definition) is 1. The molecule has 0 aliphatic carbocycles. The molecule has 0 spiro atoms. The number of rotatable bonds is 5. The maximum atomic E-state index is 9.35. The fraction of sp³-hybridized carbons (Fsp3) is 0.538. The van der Waals surface area contributed by atoms with Crippen LogP contribution in [0.25, 0.3) is 0 Å². The van der Waals surface area contributed by atoms with E-state index in [1.165, 1.54) is 5.56 Å². The molecule has 0 radical (unpaired) electrons. The molecule has 0 heterocycles. The van der Waals surface area contributed by atoms with E-state index in [0.29, 0.717) is 11.8 Å². The highest BCUT2D eigenvalue weighted by Gasteiger charge is 2.15. The molecule has 1 aromatic rings. The third kappa shape index (κ3) is 3.96. The first-order valence-corrected chi connectivity index (χ1v) is 6.32. The summed E-state index contributed by atoms with van der Waals surface area (Å²) >= 11 is 3.47. The van der Waals surface area contributed by atoms with E-state index < -0.39 is 0 Å². The predicted molar refractivity (Wildman–Crippen MR) is 67.9 cm³/mol. The fourth-order valence-corrected chi connectivity index (χ4v) is 2.19. The number of hydrogen-bond donors (Lipinski definition) is 1. The van der Waals surface area contributed by atoms with E-state index >= 15 is 0 Å². The van der Waals surface area contributed by atoms with Gasteiger partial charge >= 0.3 is 0 Å². The molecule has 2 atom stereocenters. The van der Waals surface area contributed by atoms with Crippen LogP contribution in [0.5, 0.6) is 0 Å². The van der Waals surface area contributed by atoms with E-state index in [1.54, 1.807) is 0 Å². The lowest BCUT2D eigenvalue weighted by Gasteiger charge is -2.20. The highest BCUT2D eigenvalue weighted by Crippen LogP contribution is 2.21. The summed E-state index contributed by atoms with van der Waals surface area (Å²) in [6.45, 7) is 4.66. The van der Waals surface area contributed by atoms with Gasteiger partial charge in [-0.1, -0.05) is 48.3 Å². The summed E-state index contributed by atoms with van der Waals surface area (Å²) in [7, 11) is 0. The van der Waals surface area contributed by atoms with Gasteiger partial charge in [0, 0.05) is 11.1 Å². The van der Waals surface area contributed by atoms with Crippen molar-refractivity contribution >= 4 is 15.9 Å². The van der Waals surface area contributed by atoms with E-state index in [0.717, 1.165) is 17.3 Å². The zero-order valence-electron chi connectivity index (χ0n) is 9.41. The van der Waals surface area contributed by atoms with Crippen molar-refractivity contribution in [2.75, 3.05) is 6.61 Å². The molecule has 2 unspecified atom stereocenters. The minimum Gasteiger partial charge on any atom is -0.396 e. The minimum absolute atomic E-state index is 0.279. The summed E-state index contributed by atoms with van der Waals surface area (Å²) in [5, 5.41) is 9.35. The fourth-order valence-electron chi connectivity index (χ4n) is 1.75. The van der Waals surface area contributed by atoms with Crippen LogP contribution in [0.2, 0.25) is 0 Å². The molecule has 0 bridgehead atoms. The molecule has 0 saturated carbocycles. The van der Waals surface area contributed by atoms with E-state index in [-0.39, 0.29) is 6.61 Å². The van der Waals surface area contributed by atoms with Crippen LogP contribution in [-0.2, 0) is 6.42 Å². The van der Waals surface area contributed by atoms with Crippen molar-refractivity contribution in [1.29, 1.82) is 0 Å². The Labute approximate surface area is 101 Å². The molecule has 15 heavy (non-hydrogen) atoms. The summed E-state index contributed by atoms with van der Waals surface area (Å²) in [5.74, 6) is 0.957. The second-order valence-electron chi connectivity index (χ2n) is 4.16. The highest BCUT2D eigenvalue weighted by atomic mass is 79.9. The number of halogens is 1. The third-order valence-corrected chi connectivity index (χ3v) is 3.56. The highest BCUT2D eigenvalue weighted by molar-refractivity contribution is 9.10. The summed E-state index contributed by atoms with van der Waals surface area (Å²) < 4.78 is 1.11. The zero-order chi connectivity index (χ0) is 11.3. The monoisotopic (exact) mass is 270 g/mol. The molecule has 2 heteroatoms. The molecule has 1 aromatic carbocycles. The van der Waals surface area contributed by atoms with Gasteiger partial charge in [-0.3, -0.25) is 0 Å². The molecule has 84 valence electrons. The largest absolute Gasteiger partial charge is 0.396 e. The molecule has 1 rings (SSSR count). The summed E-state index contributed by atoms with van der Waals surface area (Å²) in [5.41, 5.74) is 1.30. The Hall–Kier alpha value is -0.340. The molecular weight excluding hydrogens is 252 g/mol. The molecule has 0 aliphatic rings. The van der Waals surface area contributed by atoms with Crippen molar-refractivity contribution in [3.05, 3.63) is 34.3 Å². The molecule has 1 nitrogen and oxygen atoms in total. The average molecular weight is 271 g/mol. The Morgan fingerprint density at radius 1 is 1.40 bits per heavy atom. The van der Waals surface area contributed by atoms with Crippen molar-refractivity contribution in [3.63, 3.8) is 0 Å². The molecule has 0 aliphatic heterocycles. The van der Waals surface area contributed by atoms with Crippen molar-refractivity contribution in [2.24, 2.45) is 11.8 Å². The maximum absolute atomic E-state index is 9.35. The lowest BCUT2D eigenvalue weighted by molar-refractivity contribution is 0.179. The Morgan fingerprint density at radius 3 is 2.67 bits per heavy atom. The van der Waals surface area contributed by atoms with Crippen molar-refractivity contribution in [3.8, 4) is 0 Å². The number of benzene rings is 1. The van der Waals surface area contributed by atoms with E-state index in [4.69, 9.17) is 0 Å². The molecule has 1 N–H and O–H groups in total. The van der Waals surface area contributed by atoms with Crippen molar-refractivity contribution < 1.29 is 5.11 Å². The minimum atomic E-state index is 0.279. The first-order chi connectivity index (χ1) is 7.17. The Balaban J connectivity index is 2.66. The average Bonchev–Trinajstić information content (AvgIpc) is 2.25. The van der Waals surface area contributed by atoms with Crippen LogP contribution in [0.3, 0.4) is 0 Å². The quantitative estimate of drug-likeness (QED) is 0.866. The van der Waals surface area contributed by atoms with Crippen molar-refractivity contribution in [1.82, 2.24) is 0 Å². The third-order valence-electron chi connectivity index (χ3n) is 3.07. The Morgan fingerprint density at radius 2 is 2.13 bits per heavy atom. The lowest BCUT2D eigenvalue weighted by atomic mass is 9.87. The van der Waals surface area contributed by atoms with Gasteiger partial charge in [0.25, 0.3) is 0 Å². The summed E-state index contributed by atoms with van der Waals surface area (Å²) in [4.78, 5) is 0. The molecular formula is C13H19BrO. The van der Waals surface area contributed by atoms with Gasteiger partial charge < -0.3 is 5.11 Å². The molecule has 0 saturated heterocycles.